The van der Waals surface area contributed by atoms with E-state index in [0.29, 0.717) is 22.2 Å². The number of halogens is 1. The molecular formula is C19H22ClN5O. The molecule has 0 spiro atoms. The van der Waals surface area contributed by atoms with Gasteiger partial charge in [0.25, 0.3) is 0 Å². The van der Waals surface area contributed by atoms with E-state index < -0.39 is 5.69 Å². The van der Waals surface area contributed by atoms with Crippen molar-refractivity contribution in [2.45, 2.75) is 13.3 Å². The summed E-state index contributed by atoms with van der Waals surface area (Å²) in [7, 11) is 4.07. The predicted octanol–water partition coefficient (Wildman–Crippen LogP) is 3.11. The average Bonchev–Trinajstić information content (AvgIpc) is 2.59. The van der Waals surface area contributed by atoms with Crippen LogP contribution < -0.4 is 11.0 Å². The summed E-state index contributed by atoms with van der Waals surface area (Å²) in [4.78, 5) is 23.7. The number of hydrogen-bond donors (Lipinski definition) is 1. The maximum atomic E-state index is 12.8. The highest BCUT2D eigenvalue weighted by molar-refractivity contribution is 6.32. The van der Waals surface area contributed by atoms with Crippen LogP contribution in [0, 0.1) is 6.92 Å². The fraction of sp³-hybridized carbons (Fsp3) is 0.316. The molecule has 0 aliphatic carbocycles. The van der Waals surface area contributed by atoms with Gasteiger partial charge in [0.15, 0.2) is 5.65 Å². The second-order valence-corrected chi connectivity index (χ2v) is 6.84. The van der Waals surface area contributed by atoms with Crippen molar-refractivity contribution >= 4 is 28.5 Å². The zero-order chi connectivity index (χ0) is 18.7. The summed E-state index contributed by atoms with van der Waals surface area (Å²) in [5, 5.41) is 4.54. The van der Waals surface area contributed by atoms with Gasteiger partial charge in [0.1, 0.15) is 5.82 Å². The number of benzene rings is 1. The molecule has 0 saturated carbocycles. The second-order valence-electron chi connectivity index (χ2n) is 6.44. The Bertz CT molecular complexity index is 983. The number of anilines is 1. The largest absolute Gasteiger partial charge is 0.369 e. The standard InChI is InChI=1S/C19H22ClN5O/c1-13-9-10-14-17(21-11-6-12-24(2)3)23-19(26)25(18(14)22-13)16-8-5-4-7-15(16)20/h4-5,7-10H,6,11-12H2,1-3H3,(H,21,23,26). The molecule has 0 fully saturated rings. The van der Waals surface area contributed by atoms with Gasteiger partial charge in [-0.1, -0.05) is 23.7 Å². The van der Waals surface area contributed by atoms with Crippen molar-refractivity contribution in [3.05, 3.63) is 57.6 Å². The summed E-state index contributed by atoms with van der Waals surface area (Å²) in [5.74, 6) is 0.555. The van der Waals surface area contributed by atoms with Crippen LogP contribution in [-0.2, 0) is 0 Å². The van der Waals surface area contributed by atoms with E-state index in [1.165, 1.54) is 4.57 Å². The number of aryl methyl sites for hydroxylation is 1. The highest BCUT2D eigenvalue weighted by Crippen LogP contribution is 2.24. The monoisotopic (exact) mass is 371 g/mol. The van der Waals surface area contributed by atoms with Gasteiger partial charge in [-0.25, -0.2) is 14.3 Å². The molecule has 3 rings (SSSR count). The quantitative estimate of drug-likeness (QED) is 0.674. The lowest BCUT2D eigenvalue weighted by Gasteiger charge is -2.15. The zero-order valence-electron chi connectivity index (χ0n) is 15.2. The van der Waals surface area contributed by atoms with Crippen molar-refractivity contribution in [3.63, 3.8) is 0 Å². The number of pyridine rings is 1. The summed E-state index contributed by atoms with van der Waals surface area (Å²) >= 11 is 6.31. The fourth-order valence-corrected chi connectivity index (χ4v) is 3.00. The van der Waals surface area contributed by atoms with E-state index in [4.69, 9.17) is 11.6 Å². The van der Waals surface area contributed by atoms with Crippen LogP contribution in [0.5, 0.6) is 0 Å². The van der Waals surface area contributed by atoms with Crippen LogP contribution in [0.25, 0.3) is 16.7 Å². The van der Waals surface area contributed by atoms with Crippen LogP contribution in [0.3, 0.4) is 0 Å². The summed E-state index contributed by atoms with van der Waals surface area (Å²) in [5.41, 5.74) is 1.54. The zero-order valence-corrected chi connectivity index (χ0v) is 15.9. The summed E-state index contributed by atoms with van der Waals surface area (Å²) in [6.45, 7) is 3.58. The lowest BCUT2D eigenvalue weighted by molar-refractivity contribution is 0.405. The third kappa shape index (κ3) is 3.86. The minimum atomic E-state index is -0.404. The first-order valence-corrected chi connectivity index (χ1v) is 8.89. The van der Waals surface area contributed by atoms with Crippen LogP contribution in [0.4, 0.5) is 5.82 Å². The molecule has 26 heavy (non-hydrogen) atoms. The van der Waals surface area contributed by atoms with E-state index in [2.05, 4.69) is 20.2 Å². The van der Waals surface area contributed by atoms with E-state index in [1.54, 1.807) is 12.1 Å². The molecule has 2 heterocycles. The van der Waals surface area contributed by atoms with E-state index in [9.17, 15) is 4.79 Å². The van der Waals surface area contributed by atoms with E-state index in [-0.39, 0.29) is 0 Å². The van der Waals surface area contributed by atoms with Gasteiger partial charge < -0.3 is 10.2 Å². The molecule has 0 unspecified atom stereocenters. The van der Waals surface area contributed by atoms with Crippen LogP contribution in [0.15, 0.2) is 41.2 Å². The molecule has 3 aromatic rings. The normalized spacial score (nSPS) is 11.3. The Kier molecular flexibility index (Phi) is 5.54. The van der Waals surface area contributed by atoms with Crippen molar-refractivity contribution < 1.29 is 0 Å². The molecule has 1 aromatic carbocycles. The van der Waals surface area contributed by atoms with E-state index in [0.717, 1.165) is 30.6 Å². The average molecular weight is 372 g/mol. The number of aromatic nitrogens is 3. The molecule has 2 aromatic heterocycles. The van der Waals surface area contributed by atoms with Crippen LogP contribution in [-0.4, -0.2) is 46.6 Å². The van der Waals surface area contributed by atoms with Crippen molar-refractivity contribution in [3.8, 4) is 5.69 Å². The number of fused-ring (bicyclic) bond motifs is 1. The Labute approximate surface area is 157 Å². The smallest absolute Gasteiger partial charge is 0.355 e. The Hall–Kier alpha value is -2.44. The second kappa shape index (κ2) is 7.85. The molecule has 1 N–H and O–H groups in total. The van der Waals surface area contributed by atoms with Gasteiger partial charge in [0, 0.05) is 12.2 Å². The Morgan fingerprint density at radius 1 is 1.15 bits per heavy atom. The van der Waals surface area contributed by atoms with Gasteiger partial charge in [-0.3, -0.25) is 0 Å². The molecule has 0 saturated heterocycles. The third-order valence-corrected chi connectivity index (χ3v) is 4.37. The molecule has 6 nitrogen and oxygen atoms in total. The predicted molar refractivity (Wildman–Crippen MR) is 107 cm³/mol. The van der Waals surface area contributed by atoms with Gasteiger partial charge >= 0.3 is 5.69 Å². The molecule has 0 aliphatic heterocycles. The SMILES string of the molecule is Cc1ccc2c(NCCCN(C)C)nc(=O)n(-c3ccccc3Cl)c2n1. The first-order valence-electron chi connectivity index (χ1n) is 8.51. The Morgan fingerprint density at radius 2 is 1.92 bits per heavy atom. The maximum Gasteiger partial charge on any atom is 0.355 e. The first kappa shape index (κ1) is 18.4. The minimum absolute atomic E-state index is 0.404. The first-order chi connectivity index (χ1) is 12.5. The lowest BCUT2D eigenvalue weighted by Crippen LogP contribution is -2.25. The minimum Gasteiger partial charge on any atom is -0.369 e. The molecule has 0 radical (unpaired) electrons. The molecule has 0 amide bonds. The van der Waals surface area contributed by atoms with E-state index in [1.807, 2.05) is 45.3 Å². The van der Waals surface area contributed by atoms with Crippen molar-refractivity contribution in [2.75, 3.05) is 32.5 Å². The van der Waals surface area contributed by atoms with Crippen LogP contribution in [0.2, 0.25) is 5.02 Å². The van der Waals surface area contributed by atoms with Gasteiger partial charge in [-0.05, 0) is 58.3 Å². The lowest BCUT2D eigenvalue weighted by atomic mass is 10.2. The summed E-state index contributed by atoms with van der Waals surface area (Å²) in [6, 6.07) is 11.0. The molecular weight excluding hydrogens is 350 g/mol. The van der Waals surface area contributed by atoms with Crippen molar-refractivity contribution in [1.29, 1.82) is 0 Å². The highest BCUT2D eigenvalue weighted by atomic mass is 35.5. The van der Waals surface area contributed by atoms with Crippen molar-refractivity contribution in [2.24, 2.45) is 0 Å². The van der Waals surface area contributed by atoms with Gasteiger partial charge in [0.05, 0.1) is 16.1 Å². The number of nitrogens with one attached hydrogen (secondary N) is 1. The van der Waals surface area contributed by atoms with Crippen LogP contribution in [0.1, 0.15) is 12.1 Å². The molecule has 0 bridgehead atoms. The molecule has 0 aliphatic rings. The maximum absolute atomic E-state index is 12.8. The van der Waals surface area contributed by atoms with Crippen LogP contribution >= 0.6 is 11.6 Å². The van der Waals surface area contributed by atoms with Crippen molar-refractivity contribution in [1.82, 2.24) is 19.4 Å². The highest BCUT2D eigenvalue weighted by Gasteiger charge is 2.15. The summed E-state index contributed by atoms with van der Waals surface area (Å²) < 4.78 is 1.47. The molecule has 0 atom stereocenters. The number of rotatable bonds is 6. The topological polar surface area (TPSA) is 63.1 Å². The third-order valence-electron chi connectivity index (χ3n) is 4.05. The molecule has 7 heteroatoms. The fourth-order valence-electron chi connectivity index (χ4n) is 2.78. The number of para-hydroxylation sites is 1. The van der Waals surface area contributed by atoms with Gasteiger partial charge in [0.2, 0.25) is 0 Å². The summed E-state index contributed by atoms with van der Waals surface area (Å²) in [6.07, 6.45) is 0.947. The Balaban J connectivity index is 2.09. The Morgan fingerprint density at radius 3 is 2.65 bits per heavy atom. The van der Waals surface area contributed by atoms with Gasteiger partial charge in [-0.2, -0.15) is 4.98 Å². The number of hydrogen-bond acceptors (Lipinski definition) is 5. The molecule has 136 valence electrons. The van der Waals surface area contributed by atoms with Gasteiger partial charge in [-0.15, -0.1) is 0 Å². The van der Waals surface area contributed by atoms with E-state index >= 15 is 0 Å². The number of nitrogens with zero attached hydrogens (tertiary/aromatic N) is 4.